The summed E-state index contributed by atoms with van der Waals surface area (Å²) in [5.74, 6) is 0.706. The molecule has 1 fully saturated rings. The number of aromatic nitrogens is 4. The van der Waals surface area contributed by atoms with E-state index in [1.165, 1.54) is 31.9 Å². The first kappa shape index (κ1) is 16.7. The van der Waals surface area contributed by atoms with Crippen LogP contribution in [0.3, 0.4) is 0 Å². The summed E-state index contributed by atoms with van der Waals surface area (Å²) in [6, 6.07) is 9.80. The molecule has 3 aromatic heterocycles. The van der Waals surface area contributed by atoms with E-state index in [1.807, 2.05) is 18.5 Å². The van der Waals surface area contributed by atoms with Gasteiger partial charge in [-0.25, -0.2) is 4.98 Å². The summed E-state index contributed by atoms with van der Waals surface area (Å²) < 4.78 is 12.6. The third-order valence-corrected chi connectivity index (χ3v) is 5.16. The molecule has 0 spiro atoms. The van der Waals surface area contributed by atoms with E-state index in [2.05, 4.69) is 31.1 Å². The van der Waals surface area contributed by atoms with Crippen LogP contribution in [0.15, 0.2) is 51.9 Å². The van der Waals surface area contributed by atoms with Crippen LogP contribution >= 0.6 is 0 Å². The van der Waals surface area contributed by atoms with Crippen LogP contribution in [0.5, 0.6) is 0 Å². The van der Waals surface area contributed by atoms with Crippen molar-refractivity contribution in [1.29, 1.82) is 0 Å². The van der Waals surface area contributed by atoms with Gasteiger partial charge in [0.25, 0.3) is 5.91 Å². The van der Waals surface area contributed by atoms with Gasteiger partial charge in [0.15, 0.2) is 5.76 Å². The van der Waals surface area contributed by atoms with E-state index in [4.69, 9.17) is 8.94 Å². The van der Waals surface area contributed by atoms with Gasteiger partial charge >= 0.3 is 0 Å². The van der Waals surface area contributed by atoms with Crippen LogP contribution < -0.4 is 5.32 Å². The van der Waals surface area contributed by atoms with Crippen molar-refractivity contribution in [2.24, 2.45) is 0 Å². The summed E-state index contributed by atoms with van der Waals surface area (Å²) in [5.41, 5.74) is 2.88. The van der Waals surface area contributed by atoms with Crippen LogP contribution in [-0.4, -0.2) is 25.6 Å². The molecule has 3 heterocycles. The van der Waals surface area contributed by atoms with Gasteiger partial charge in [-0.1, -0.05) is 18.0 Å². The molecule has 1 aliphatic carbocycles. The molecule has 1 amide bonds. The number of benzene rings is 1. The first-order valence-electron chi connectivity index (χ1n) is 9.39. The molecule has 0 unspecified atom stereocenters. The van der Waals surface area contributed by atoms with Crippen LogP contribution in [0, 0.1) is 0 Å². The Kier molecular flexibility index (Phi) is 4.16. The van der Waals surface area contributed by atoms with Gasteiger partial charge in [0.05, 0.1) is 30.2 Å². The lowest BCUT2D eigenvalue weighted by atomic mass is 10.1. The lowest BCUT2D eigenvalue weighted by Crippen LogP contribution is -2.22. The maximum atomic E-state index is 11.9. The number of furan rings is 1. The number of carbonyl (C=O) groups is 1. The van der Waals surface area contributed by atoms with E-state index in [-0.39, 0.29) is 18.2 Å². The standard InChI is InChI=1S/C20H19N5O3/c26-20(17-6-3-9-27-17)21-11-18-23-19(24-28-18)13-7-8-16-15(10-13)22-12-25(16)14-4-1-2-5-14/h3,6-10,12,14H,1-2,4-5,11H2,(H,21,26). The molecule has 0 radical (unpaired) electrons. The lowest BCUT2D eigenvalue weighted by Gasteiger charge is -2.11. The Balaban J connectivity index is 1.32. The molecule has 28 heavy (non-hydrogen) atoms. The van der Waals surface area contributed by atoms with Crippen LogP contribution in [0.4, 0.5) is 0 Å². The fourth-order valence-corrected chi connectivity index (χ4v) is 3.74. The first-order chi connectivity index (χ1) is 13.8. The Morgan fingerprint density at radius 3 is 2.96 bits per heavy atom. The van der Waals surface area contributed by atoms with Crippen LogP contribution in [0.2, 0.25) is 0 Å². The Hall–Kier alpha value is -3.42. The van der Waals surface area contributed by atoms with E-state index < -0.39 is 0 Å². The smallest absolute Gasteiger partial charge is 0.287 e. The molecule has 0 saturated heterocycles. The van der Waals surface area contributed by atoms with E-state index in [9.17, 15) is 4.79 Å². The molecule has 5 rings (SSSR count). The summed E-state index contributed by atoms with van der Waals surface area (Å²) in [5, 5.41) is 6.71. The molecule has 0 bridgehead atoms. The van der Waals surface area contributed by atoms with Crippen molar-refractivity contribution >= 4 is 16.9 Å². The summed E-state index contributed by atoms with van der Waals surface area (Å²) >= 11 is 0. The zero-order valence-corrected chi connectivity index (χ0v) is 15.2. The van der Waals surface area contributed by atoms with E-state index in [1.54, 1.807) is 12.1 Å². The molecule has 1 saturated carbocycles. The van der Waals surface area contributed by atoms with Crippen molar-refractivity contribution in [3.8, 4) is 11.4 Å². The minimum absolute atomic E-state index is 0.130. The summed E-state index contributed by atoms with van der Waals surface area (Å²) in [4.78, 5) is 20.8. The number of hydrogen-bond donors (Lipinski definition) is 1. The predicted molar refractivity (Wildman–Crippen MR) is 100 cm³/mol. The normalized spacial score (nSPS) is 14.7. The summed E-state index contributed by atoms with van der Waals surface area (Å²) in [6.45, 7) is 0.130. The third-order valence-electron chi connectivity index (χ3n) is 5.16. The Morgan fingerprint density at radius 2 is 2.14 bits per heavy atom. The van der Waals surface area contributed by atoms with Crippen molar-refractivity contribution in [3.05, 3.63) is 54.6 Å². The first-order valence-corrected chi connectivity index (χ1v) is 9.39. The van der Waals surface area contributed by atoms with Crippen LogP contribution in [-0.2, 0) is 6.54 Å². The second-order valence-corrected chi connectivity index (χ2v) is 6.97. The topological polar surface area (TPSA) is 99.0 Å². The molecule has 8 nitrogen and oxygen atoms in total. The van der Waals surface area contributed by atoms with Gasteiger partial charge in [0, 0.05) is 11.6 Å². The molecule has 142 valence electrons. The van der Waals surface area contributed by atoms with Gasteiger partial charge in [-0.15, -0.1) is 0 Å². The highest BCUT2D eigenvalue weighted by atomic mass is 16.5. The fraction of sp³-hybridized carbons (Fsp3) is 0.300. The van der Waals surface area contributed by atoms with Gasteiger partial charge < -0.3 is 18.8 Å². The Labute approximate surface area is 160 Å². The molecular weight excluding hydrogens is 358 g/mol. The number of carbonyl (C=O) groups excluding carboxylic acids is 1. The fourth-order valence-electron chi connectivity index (χ4n) is 3.74. The maximum absolute atomic E-state index is 11.9. The zero-order valence-electron chi connectivity index (χ0n) is 15.2. The maximum Gasteiger partial charge on any atom is 0.287 e. The van der Waals surface area contributed by atoms with E-state index in [0.717, 1.165) is 16.6 Å². The van der Waals surface area contributed by atoms with Crippen molar-refractivity contribution in [2.45, 2.75) is 38.3 Å². The van der Waals surface area contributed by atoms with Crippen molar-refractivity contribution in [2.75, 3.05) is 0 Å². The highest BCUT2D eigenvalue weighted by molar-refractivity contribution is 5.91. The zero-order chi connectivity index (χ0) is 18.9. The monoisotopic (exact) mass is 377 g/mol. The number of imidazole rings is 1. The molecule has 4 aromatic rings. The van der Waals surface area contributed by atoms with Gasteiger partial charge in [0.1, 0.15) is 0 Å². The Morgan fingerprint density at radius 1 is 1.25 bits per heavy atom. The molecule has 0 aliphatic heterocycles. The average molecular weight is 377 g/mol. The minimum Gasteiger partial charge on any atom is -0.459 e. The molecule has 0 atom stereocenters. The lowest BCUT2D eigenvalue weighted by molar-refractivity contribution is 0.0918. The second kappa shape index (κ2) is 6.95. The van der Waals surface area contributed by atoms with Crippen molar-refractivity contribution in [1.82, 2.24) is 25.0 Å². The molecule has 1 aliphatic rings. The molecule has 8 heteroatoms. The molecule has 1 N–H and O–H groups in total. The highest BCUT2D eigenvalue weighted by Crippen LogP contribution is 2.32. The second-order valence-electron chi connectivity index (χ2n) is 6.97. The summed E-state index contributed by atoms with van der Waals surface area (Å²) in [6.07, 6.45) is 8.37. The van der Waals surface area contributed by atoms with Crippen LogP contribution in [0.25, 0.3) is 22.4 Å². The molecule has 1 aromatic carbocycles. The number of hydrogen-bond acceptors (Lipinski definition) is 6. The number of rotatable bonds is 5. The third kappa shape index (κ3) is 3.06. The number of fused-ring (bicyclic) bond motifs is 1. The van der Waals surface area contributed by atoms with E-state index in [0.29, 0.717) is 17.8 Å². The van der Waals surface area contributed by atoms with E-state index >= 15 is 0 Å². The van der Waals surface area contributed by atoms with Crippen LogP contribution in [0.1, 0.15) is 48.2 Å². The Bertz CT molecular complexity index is 1110. The number of nitrogens with one attached hydrogen (secondary N) is 1. The molecular formula is C20H19N5O3. The number of nitrogens with zero attached hydrogens (tertiary/aromatic N) is 4. The average Bonchev–Trinajstić information content (AvgIpc) is 3.51. The number of amides is 1. The minimum atomic E-state index is -0.330. The SMILES string of the molecule is O=C(NCc1nc(-c2ccc3c(c2)ncn3C2CCCC2)no1)c1ccco1. The highest BCUT2D eigenvalue weighted by Gasteiger charge is 2.19. The quantitative estimate of drug-likeness (QED) is 0.569. The van der Waals surface area contributed by atoms with Gasteiger partial charge in [-0.2, -0.15) is 4.98 Å². The predicted octanol–water partition coefficient (Wildman–Crippen LogP) is 3.72. The summed E-state index contributed by atoms with van der Waals surface area (Å²) in [7, 11) is 0. The largest absolute Gasteiger partial charge is 0.459 e. The van der Waals surface area contributed by atoms with Gasteiger partial charge in [-0.3, -0.25) is 4.79 Å². The van der Waals surface area contributed by atoms with Gasteiger partial charge in [0.2, 0.25) is 11.7 Å². The van der Waals surface area contributed by atoms with Gasteiger partial charge in [-0.05, 0) is 43.2 Å². The van der Waals surface area contributed by atoms with Crippen molar-refractivity contribution in [3.63, 3.8) is 0 Å². The van der Waals surface area contributed by atoms with Crippen molar-refractivity contribution < 1.29 is 13.7 Å².